The van der Waals surface area contributed by atoms with Crippen LogP contribution in [0, 0.1) is 0 Å². The average Bonchev–Trinajstić information content (AvgIpc) is 1.87. The molecule has 9 heavy (non-hydrogen) atoms. The van der Waals surface area contributed by atoms with Crippen molar-refractivity contribution in [3.8, 4) is 0 Å². The van der Waals surface area contributed by atoms with Crippen LogP contribution in [0.5, 0.6) is 0 Å². The monoisotopic (exact) mass is 246 g/mol. The van der Waals surface area contributed by atoms with Crippen molar-refractivity contribution in [1.82, 2.24) is 0 Å². The van der Waals surface area contributed by atoms with Crippen molar-refractivity contribution in [3.05, 3.63) is 0 Å². The molecular weight excluding hydrogens is 238 g/mol. The molecule has 54 valence electrons. The lowest BCUT2D eigenvalue weighted by atomic mass is 10.5. The van der Waals surface area contributed by atoms with Gasteiger partial charge in [0, 0.05) is 0 Å². The van der Waals surface area contributed by atoms with Gasteiger partial charge in [-0.1, -0.05) is 22.6 Å². The fourth-order valence-corrected chi connectivity index (χ4v) is 0.475. The van der Waals surface area contributed by atoms with E-state index in [0.29, 0.717) is 6.61 Å². The summed E-state index contributed by atoms with van der Waals surface area (Å²) in [5.41, 5.74) is 0. The van der Waals surface area contributed by atoms with Gasteiger partial charge in [-0.25, -0.2) is 4.39 Å². The summed E-state index contributed by atoms with van der Waals surface area (Å²) in [7, 11) is 0. The topological polar surface area (TPSA) is 26.3 Å². The number of alkyl halides is 2. The Bertz CT molecular complexity index is 97.0. The highest BCUT2D eigenvalue weighted by Crippen LogP contribution is 2.02. The minimum Gasteiger partial charge on any atom is -0.465 e. The summed E-state index contributed by atoms with van der Waals surface area (Å²) in [6, 6.07) is 0. The van der Waals surface area contributed by atoms with Crippen LogP contribution < -0.4 is 0 Å². The van der Waals surface area contributed by atoms with Crippen molar-refractivity contribution in [3.63, 3.8) is 0 Å². The Hall–Kier alpha value is 0.130. The Morgan fingerprint density at radius 1 is 1.89 bits per heavy atom. The molecule has 1 unspecified atom stereocenters. The van der Waals surface area contributed by atoms with Crippen LogP contribution in [-0.2, 0) is 9.53 Å². The number of rotatable bonds is 3. The van der Waals surface area contributed by atoms with Gasteiger partial charge in [0.2, 0.25) is 0 Å². The summed E-state index contributed by atoms with van der Waals surface area (Å²) >= 11 is 1.71. The Kier molecular flexibility index (Phi) is 5.03. The molecule has 0 aliphatic rings. The molecule has 0 saturated carbocycles. The zero-order valence-corrected chi connectivity index (χ0v) is 7.22. The Labute approximate surface area is 66.9 Å². The van der Waals surface area contributed by atoms with Gasteiger partial charge in [-0.3, -0.25) is 4.79 Å². The minimum atomic E-state index is -0.653. The Balaban J connectivity index is 3.46. The summed E-state index contributed by atoms with van der Waals surface area (Å²) in [5.74, 6) is -0.472. The van der Waals surface area contributed by atoms with Crippen molar-refractivity contribution < 1.29 is 13.9 Å². The molecule has 0 heterocycles. The van der Waals surface area contributed by atoms with Crippen LogP contribution in [0.25, 0.3) is 0 Å². The molecule has 0 radical (unpaired) electrons. The van der Waals surface area contributed by atoms with Gasteiger partial charge in [-0.15, -0.1) is 0 Å². The molecule has 0 aromatic heterocycles. The van der Waals surface area contributed by atoms with Crippen molar-refractivity contribution in [1.29, 1.82) is 0 Å². The highest BCUT2D eigenvalue weighted by Gasteiger charge is 2.14. The lowest BCUT2D eigenvalue weighted by molar-refractivity contribution is -0.142. The van der Waals surface area contributed by atoms with E-state index < -0.39 is 16.6 Å². The summed E-state index contributed by atoms with van der Waals surface area (Å²) in [4.78, 5) is 10.5. The second kappa shape index (κ2) is 4.96. The van der Waals surface area contributed by atoms with Gasteiger partial charge >= 0.3 is 5.97 Å². The first-order valence-corrected chi connectivity index (χ1v) is 3.83. The lowest BCUT2D eigenvalue weighted by Crippen LogP contribution is -2.18. The summed E-state index contributed by atoms with van der Waals surface area (Å²) < 4.78 is 15.5. The van der Waals surface area contributed by atoms with Gasteiger partial charge in [0.05, 0.1) is 6.61 Å². The molecule has 2 nitrogen and oxygen atoms in total. The number of carbonyl (C=O) groups is 1. The fraction of sp³-hybridized carbons (Fsp3) is 0.800. The first-order chi connectivity index (χ1) is 4.22. The molecule has 0 amide bonds. The smallest absolute Gasteiger partial charge is 0.321 e. The maximum Gasteiger partial charge on any atom is 0.321 e. The highest BCUT2D eigenvalue weighted by molar-refractivity contribution is 14.1. The zero-order chi connectivity index (χ0) is 7.28. The van der Waals surface area contributed by atoms with E-state index in [1.165, 1.54) is 0 Å². The fourth-order valence-electron chi connectivity index (χ4n) is 0.296. The van der Waals surface area contributed by atoms with Crippen LogP contribution in [0.2, 0.25) is 0 Å². The Morgan fingerprint density at radius 3 is 2.78 bits per heavy atom. The van der Waals surface area contributed by atoms with Crippen molar-refractivity contribution in [2.45, 2.75) is 10.8 Å². The third-order valence-electron chi connectivity index (χ3n) is 0.678. The second-order valence-corrected chi connectivity index (χ2v) is 2.88. The molecule has 0 spiro atoms. The molecule has 0 aromatic carbocycles. The number of hydrogen-bond acceptors (Lipinski definition) is 2. The van der Waals surface area contributed by atoms with Crippen LogP contribution >= 0.6 is 22.6 Å². The van der Waals surface area contributed by atoms with Crippen LogP contribution in [0.3, 0.4) is 0 Å². The van der Waals surface area contributed by atoms with E-state index in [2.05, 4.69) is 4.74 Å². The summed E-state index contributed by atoms with van der Waals surface area (Å²) in [6.07, 6.45) is 0. The van der Waals surface area contributed by atoms with E-state index in [9.17, 15) is 9.18 Å². The molecule has 0 saturated heterocycles. The maximum absolute atomic E-state index is 11.7. The quantitative estimate of drug-likeness (QED) is 0.426. The van der Waals surface area contributed by atoms with E-state index in [1.54, 1.807) is 29.5 Å². The van der Waals surface area contributed by atoms with Crippen molar-refractivity contribution >= 4 is 28.6 Å². The van der Waals surface area contributed by atoms with Crippen molar-refractivity contribution in [2.24, 2.45) is 0 Å². The molecule has 0 bridgehead atoms. The van der Waals surface area contributed by atoms with E-state index in [4.69, 9.17) is 0 Å². The first-order valence-electron chi connectivity index (χ1n) is 2.59. The maximum atomic E-state index is 11.7. The van der Waals surface area contributed by atoms with Gasteiger partial charge in [0.1, 0.15) is 10.6 Å². The van der Waals surface area contributed by atoms with Crippen LogP contribution in [0.1, 0.15) is 6.92 Å². The molecule has 1 atom stereocenters. The number of ether oxygens (including phenoxy) is 1. The van der Waals surface area contributed by atoms with E-state index >= 15 is 0 Å². The van der Waals surface area contributed by atoms with E-state index in [1.807, 2.05) is 0 Å². The van der Waals surface area contributed by atoms with Gasteiger partial charge in [-0.2, -0.15) is 0 Å². The highest BCUT2D eigenvalue weighted by atomic mass is 127. The Morgan fingerprint density at radius 2 is 2.44 bits per heavy atom. The average molecular weight is 246 g/mol. The minimum absolute atomic E-state index is 0.318. The zero-order valence-electron chi connectivity index (χ0n) is 5.06. The molecule has 0 aromatic rings. The molecular formula is C5H8FIO2. The molecule has 4 heteroatoms. The van der Waals surface area contributed by atoms with Crippen molar-refractivity contribution in [2.75, 3.05) is 13.3 Å². The molecule has 0 rings (SSSR count). The predicted octanol–water partition coefficient (Wildman–Crippen LogP) is 1.32. The normalized spacial score (nSPS) is 12.8. The first kappa shape index (κ1) is 9.13. The number of carbonyl (C=O) groups excluding carboxylic acids is 1. The van der Waals surface area contributed by atoms with Crippen LogP contribution in [-0.4, -0.2) is 23.2 Å². The third-order valence-corrected chi connectivity index (χ3v) is 1.52. The molecule has 0 aliphatic carbocycles. The third kappa shape index (κ3) is 3.66. The SMILES string of the molecule is CCOC(=O)C(I)CF. The molecule has 0 aliphatic heterocycles. The van der Waals surface area contributed by atoms with Gasteiger partial charge < -0.3 is 4.74 Å². The van der Waals surface area contributed by atoms with E-state index in [-0.39, 0.29) is 0 Å². The molecule has 0 fully saturated rings. The van der Waals surface area contributed by atoms with Gasteiger partial charge in [-0.05, 0) is 6.92 Å². The van der Waals surface area contributed by atoms with Gasteiger partial charge in [0.15, 0.2) is 0 Å². The number of hydrogen-bond donors (Lipinski definition) is 0. The predicted molar refractivity (Wildman–Crippen MR) is 40.4 cm³/mol. The largest absolute Gasteiger partial charge is 0.465 e. The molecule has 0 N–H and O–H groups in total. The van der Waals surface area contributed by atoms with E-state index in [0.717, 1.165) is 0 Å². The lowest BCUT2D eigenvalue weighted by Gasteiger charge is -2.02. The number of esters is 1. The standard InChI is InChI=1S/C5H8FIO2/c1-2-9-5(8)4(7)3-6/h4H,2-3H2,1H3. The van der Waals surface area contributed by atoms with Crippen LogP contribution in [0.15, 0.2) is 0 Å². The van der Waals surface area contributed by atoms with Crippen LogP contribution in [0.4, 0.5) is 4.39 Å². The second-order valence-electron chi connectivity index (χ2n) is 1.37. The summed E-state index contributed by atoms with van der Waals surface area (Å²) in [6.45, 7) is 1.36. The van der Waals surface area contributed by atoms with Gasteiger partial charge in [0.25, 0.3) is 0 Å². The summed E-state index contributed by atoms with van der Waals surface area (Å²) in [5, 5.41) is 0. The number of halogens is 2.